The van der Waals surface area contributed by atoms with Crippen LogP contribution < -0.4 is 15.2 Å². The monoisotopic (exact) mass is 396 g/mol. The van der Waals surface area contributed by atoms with Crippen LogP contribution in [0.2, 0.25) is 0 Å². The first-order valence-electron chi connectivity index (χ1n) is 9.50. The molecule has 0 saturated heterocycles. The fourth-order valence-electron chi connectivity index (χ4n) is 4.32. The lowest BCUT2D eigenvalue weighted by atomic mass is 9.69. The lowest BCUT2D eigenvalue weighted by Crippen LogP contribution is -2.47. The van der Waals surface area contributed by atoms with Crippen LogP contribution >= 0.6 is 0 Å². The maximum absolute atomic E-state index is 13.4. The quantitative estimate of drug-likeness (QED) is 0.836. The number of hydrogen-bond acceptors (Lipinski definition) is 7. The molecular weight excluding hydrogens is 368 g/mol. The molecule has 7 nitrogen and oxygen atoms in total. The van der Waals surface area contributed by atoms with Crippen LogP contribution in [0.3, 0.4) is 0 Å². The molecule has 0 bridgehead atoms. The van der Waals surface area contributed by atoms with Crippen molar-refractivity contribution in [3.8, 4) is 17.6 Å². The summed E-state index contributed by atoms with van der Waals surface area (Å²) in [7, 11) is 6.85. The predicted octanol–water partition coefficient (Wildman–Crippen LogP) is 2.92. The number of nitrogens with two attached hydrogens (primary N) is 1. The molecule has 3 rings (SSSR count). The minimum atomic E-state index is -0.597. The lowest BCUT2D eigenvalue weighted by Gasteiger charge is -2.45. The number of nitriles is 1. The molecule has 1 aromatic rings. The Balaban J connectivity index is 2.35. The average Bonchev–Trinajstić information content (AvgIpc) is 2.65. The molecule has 1 aromatic carbocycles. The summed E-state index contributed by atoms with van der Waals surface area (Å²) in [6.45, 7) is 4.15. The van der Waals surface area contributed by atoms with Gasteiger partial charge < -0.3 is 15.2 Å². The highest BCUT2D eigenvalue weighted by atomic mass is 16.5. The Morgan fingerprint density at radius 3 is 2.48 bits per heavy atom. The Bertz CT molecular complexity index is 953. The van der Waals surface area contributed by atoms with Crippen molar-refractivity contribution in [1.29, 1.82) is 5.26 Å². The average molecular weight is 396 g/mol. The van der Waals surface area contributed by atoms with Gasteiger partial charge in [-0.15, -0.1) is 0 Å². The molecule has 2 N–H and O–H groups in total. The van der Waals surface area contributed by atoms with Crippen LogP contribution in [0.5, 0.6) is 11.5 Å². The third kappa shape index (κ3) is 3.45. The predicted molar refractivity (Wildman–Crippen MR) is 110 cm³/mol. The van der Waals surface area contributed by atoms with Crippen molar-refractivity contribution in [2.45, 2.75) is 32.6 Å². The summed E-state index contributed by atoms with van der Waals surface area (Å²) in [5.74, 6) is 0.964. The van der Waals surface area contributed by atoms with Crippen LogP contribution in [-0.4, -0.2) is 44.1 Å². The van der Waals surface area contributed by atoms with Crippen molar-refractivity contribution < 1.29 is 14.3 Å². The van der Waals surface area contributed by atoms with Crippen LogP contribution in [0.15, 0.2) is 40.9 Å². The summed E-state index contributed by atoms with van der Waals surface area (Å²) < 4.78 is 11.0. The highest BCUT2D eigenvalue weighted by Gasteiger charge is 2.45. The Kier molecular flexibility index (Phi) is 5.33. The number of Topliss-reactive ketones (excluding diaryl/α,β-unsaturated/α-hetero) is 1. The van der Waals surface area contributed by atoms with Gasteiger partial charge >= 0.3 is 0 Å². The first kappa shape index (κ1) is 20.7. The topological polar surface area (TPSA) is 91.8 Å². The number of benzene rings is 1. The van der Waals surface area contributed by atoms with Gasteiger partial charge in [0.25, 0.3) is 0 Å². The van der Waals surface area contributed by atoms with Gasteiger partial charge in [0, 0.05) is 37.3 Å². The number of hydrogen-bond donors (Lipinski definition) is 1. The van der Waals surface area contributed by atoms with Crippen molar-refractivity contribution >= 4 is 5.78 Å². The molecule has 2 aliphatic rings. The van der Waals surface area contributed by atoms with Crippen LogP contribution in [-0.2, 0) is 4.79 Å². The summed E-state index contributed by atoms with van der Waals surface area (Å²) in [4.78, 5) is 13.4. The Hall–Kier alpha value is -2.98. The maximum atomic E-state index is 13.4. The van der Waals surface area contributed by atoms with Gasteiger partial charge in [0.05, 0.1) is 31.8 Å². The highest BCUT2D eigenvalue weighted by Crippen LogP contribution is 2.51. The zero-order valence-corrected chi connectivity index (χ0v) is 17.9. The summed E-state index contributed by atoms with van der Waals surface area (Å²) in [6.07, 6.45) is 1.09. The van der Waals surface area contributed by atoms with Crippen molar-refractivity contribution in [3.63, 3.8) is 0 Å². The SMILES string of the molecule is COc1ccc(OC)c([C@H]2C(C#N)=C(N)N(N(C)C)C3=C2C(=O)CC(C)(C)C3)c1. The van der Waals surface area contributed by atoms with Gasteiger partial charge in [-0.1, -0.05) is 13.8 Å². The van der Waals surface area contributed by atoms with Crippen LogP contribution in [0.4, 0.5) is 0 Å². The van der Waals surface area contributed by atoms with E-state index in [1.165, 1.54) is 0 Å². The van der Waals surface area contributed by atoms with Crippen LogP contribution in [0.25, 0.3) is 0 Å². The normalized spacial score (nSPS) is 21.2. The second kappa shape index (κ2) is 7.45. The number of ether oxygens (including phenoxy) is 2. The van der Waals surface area contributed by atoms with Gasteiger partial charge in [0.2, 0.25) is 0 Å². The molecule has 154 valence electrons. The number of rotatable bonds is 4. The molecule has 0 unspecified atom stereocenters. The molecule has 1 aliphatic carbocycles. The summed E-state index contributed by atoms with van der Waals surface area (Å²) in [5, 5.41) is 13.6. The first-order chi connectivity index (χ1) is 13.6. The van der Waals surface area contributed by atoms with E-state index in [0.29, 0.717) is 46.9 Å². The molecule has 0 radical (unpaired) electrons. The van der Waals surface area contributed by atoms with Crippen LogP contribution in [0, 0.1) is 16.7 Å². The van der Waals surface area contributed by atoms with Crippen molar-refractivity contribution in [1.82, 2.24) is 10.0 Å². The summed E-state index contributed by atoms with van der Waals surface area (Å²) in [5.41, 5.74) is 8.77. The van der Waals surface area contributed by atoms with Gasteiger partial charge in [-0.3, -0.25) is 9.80 Å². The highest BCUT2D eigenvalue weighted by molar-refractivity contribution is 6.00. The molecule has 0 saturated carbocycles. The second-order valence-electron chi connectivity index (χ2n) is 8.41. The number of ketones is 1. The number of allylic oxidation sites excluding steroid dienone is 3. The van der Waals surface area contributed by atoms with E-state index in [0.717, 1.165) is 5.70 Å². The molecule has 1 heterocycles. The first-order valence-corrected chi connectivity index (χ1v) is 9.50. The standard InChI is InChI=1S/C22H28N4O3/c1-22(2)10-16-20(17(27)11-22)19(15(12-23)21(24)26(16)25(3)4)14-9-13(28-5)7-8-18(14)29-6/h7-9,19H,10-11,24H2,1-6H3/t19-/m0/s1. The van der Waals surface area contributed by atoms with Gasteiger partial charge in [0.1, 0.15) is 17.3 Å². The van der Waals surface area contributed by atoms with Crippen LogP contribution in [0.1, 0.15) is 38.2 Å². The van der Waals surface area contributed by atoms with E-state index in [9.17, 15) is 10.1 Å². The van der Waals surface area contributed by atoms with E-state index in [2.05, 4.69) is 19.9 Å². The smallest absolute Gasteiger partial charge is 0.162 e. The fourth-order valence-corrected chi connectivity index (χ4v) is 4.32. The van der Waals surface area contributed by atoms with Crippen molar-refractivity contribution in [3.05, 3.63) is 46.4 Å². The molecule has 0 amide bonds. The van der Waals surface area contributed by atoms with E-state index in [1.54, 1.807) is 31.4 Å². The Labute approximate surface area is 171 Å². The maximum Gasteiger partial charge on any atom is 0.162 e. The minimum absolute atomic E-state index is 0.0261. The molecule has 0 aromatic heterocycles. The molecule has 29 heavy (non-hydrogen) atoms. The third-order valence-corrected chi connectivity index (χ3v) is 5.50. The van der Waals surface area contributed by atoms with Gasteiger partial charge in [-0.05, 0) is 30.0 Å². The number of carbonyl (C=O) groups is 1. The molecule has 0 fully saturated rings. The number of carbonyl (C=O) groups excluding carboxylic acids is 1. The summed E-state index contributed by atoms with van der Waals surface area (Å²) in [6, 6.07) is 7.65. The van der Waals surface area contributed by atoms with Crippen molar-refractivity contribution in [2.24, 2.45) is 11.1 Å². The molecule has 0 spiro atoms. The van der Waals surface area contributed by atoms with E-state index in [1.807, 2.05) is 25.2 Å². The second-order valence-corrected chi connectivity index (χ2v) is 8.41. The molecule has 7 heteroatoms. The zero-order chi connectivity index (χ0) is 21.5. The van der Waals surface area contributed by atoms with Gasteiger partial charge in [-0.2, -0.15) is 5.26 Å². The van der Waals surface area contributed by atoms with Gasteiger partial charge in [-0.25, -0.2) is 5.01 Å². The molecule has 1 atom stereocenters. The number of hydrazine groups is 1. The van der Waals surface area contributed by atoms with Gasteiger partial charge in [0.15, 0.2) is 5.78 Å². The number of nitrogens with zero attached hydrogens (tertiary/aromatic N) is 3. The third-order valence-electron chi connectivity index (χ3n) is 5.50. The van der Waals surface area contributed by atoms with E-state index in [-0.39, 0.29) is 11.2 Å². The lowest BCUT2D eigenvalue weighted by molar-refractivity contribution is -0.119. The molecular formula is C22H28N4O3. The van der Waals surface area contributed by atoms with E-state index in [4.69, 9.17) is 15.2 Å². The summed E-state index contributed by atoms with van der Waals surface area (Å²) >= 11 is 0. The number of methoxy groups -OCH3 is 2. The minimum Gasteiger partial charge on any atom is -0.497 e. The molecule has 1 aliphatic heterocycles. The van der Waals surface area contributed by atoms with E-state index >= 15 is 0 Å². The van der Waals surface area contributed by atoms with Crippen molar-refractivity contribution in [2.75, 3.05) is 28.3 Å². The Morgan fingerprint density at radius 1 is 1.24 bits per heavy atom. The van der Waals surface area contributed by atoms with E-state index < -0.39 is 5.92 Å². The Morgan fingerprint density at radius 2 is 1.93 bits per heavy atom. The largest absolute Gasteiger partial charge is 0.497 e. The fraction of sp³-hybridized carbons (Fsp3) is 0.455. The zero-order valence-electron chi connectivity index (χ0n) is 17.9.